The van der Waals surface area contributed by atoms with E-state index in [0.29, 0.717) is 22.6 Å². The largest absolute Gasteiger partial charge is 0.476 e. The number of carbonyl (C=O) groups excluding carboxylic acids is 2. The summed E-state index contributed by atoms with van der Waals surface area (Å²) in [4.78, 5) is 54.2. The second-order valence-electron chi connectivity index (χ2n) is 12.0. The molecule has 14 heteroatoms. The molecule has 2 fully saturated rings. The van der Waals surface area contributed by atoms with E-state index in [-0.39, 0.29) is 24.4 Å². The van der Waals surface area contributed by atoms with Crippen molar-refractivity contribution < 1.29 is 29.4 Å². The molecule has 2 atom stereocenters. The molecule has 1 aliphatic heterocycles. The number of nitrogens with zero attached hydrogens (tertiary/aromatic N) is 3. The normalized spacial score (nSPS) is 15.5. The Kier molecular flexibility index (Phi) is 18.3. The second-order valence-corrected chi connectivity index (χ2v) is 14.7. The summed E-state index contributed by atoms with van der Waals surface area (Å²) in [6.45, 7) is 0.901. The van der Waals surface area contributed by atoms with E-state index in [1.165, 1.54) is 43.4 Å². The number of carboxylic acids is 2. The Labute approximate surface area is 337 Å². The molecule has 2 aromatic heterocycles. The lowest BCUT2D eigenvalue weighted by molar-refractivity contribution is -0.147. The number of nitrogens with two attached hydrogens (primary N) is 1. The van der Waals surface area contributed by atoms with E-state index in [0.717, 1.165) is 39.7 Å². The van der Waals surface area contributed by atoms with Crippen LogP contribution in [0.1, 0.15) is 72.5 Å². The van der Waals surface area contributed by atoms with Crippen molar-refractivity contribution in [1.82, 2.24) is 14.9 Å². The molecule has 5 aromatic rings. The molecular weight excluding hydrogens is 809 g/mol. The Morgan fingerprint density at radius 1 is 0.759 bits per heavy atom. The number of hydrogen-bond acceptors (Lipinski definition) is 9. The molecular formula is C40H43BrN4O6S3. The van der Waals surface area contributed by atoms with Gasteiger partial charge in [-0.05, 0) is 31.6 Å². The molecule has 3 aromatic carbocycles. The van der Waals surface area contributed by atoms with Crippen LogP contribution in [0.15, 0.2) is 102 Å². The van der Waals surface area contributed by atoms with Crippen LogP contribution in [0.4, 0.5) is 0 Å². The summed E-state index contributed by atoms with van der Waals surface area (Å²) in [5.74, 6) is -2.34. The first-order valence-corrected chi connectivity index (χ1v) is 20.1. The molecule has 1 saturated carbocycles. The van der Waals surface area contributed by atoms with E-state index < -0.39 is 17.7 Å². The molecule has 1 amide bonds. The third-order valence-corrected chi connectivity index (χ3v) is 10.9. The lowest BCUT2D eigenvalue weighted by Crippen LogP contribution is -2.49. The highest BCUT2D eigenvalue weighted by molar-refractivity contribution is 9.09. The number of hydrogen-bond donors (Lipinski definition) is 3. The summed E-state index contributed by atoms with van der Waals surface area (Å²) >= 11 is 10.3. The molecule has 7 rings (SSSR count). The van der Waals surface area contributed by atoms with Crippen LogP contribution in [-0.2, 0) is 9.59 Å². The summed E-state index contributed by atoms with van der Waals surface area (Å²) in [5.41, 5.74) is 9.04. The number of thiocarbonyl (C=S) groups is 1. The number of carboxylic acid groups (broad SMARTS) is 2. The number of carbonyl (C=O) groups is 4. The van der Waals surface area contributed by atoms with Crippen LogP contribution in [0.5, 0.6) is 0 Å². The first-order valence-electron chi connectivity index (χ1n) is 16.8. The fourth-order valence-corrected chi connectivity index (χ4v) is 7.83. The van der Waals surface area contributed by atoms with Crippen molar-refractivity contribution in [3.8, 4) is 21.1 Å². The van der Waals surface area contributed by atoms with Crippen LogP contribution in [0, 0.1) is 5.92 Å². The van der Waals surface area contributed by atoms with Gasteiger partial charge in [0.15, 0.2) is 5.69 Å². The number of halogens is 1. The molecule has 1 saturated heterocycles. The number of rotatable bonds is 7. The van der Waals surface area contributed by atoms with Crippen molar-refractivity contribution in [2.75, 3.05) is 11.9 Å². The zero-order valence-corrected chi connectivity index (χ0v) is 32.7. The standard InChI is InChI=1S/C19H22N2OS.C10H7NO2S.C7H7NS.C3H3BrO3.CH4/c22-19(21-12-6-10-14-7-4-5-11-17(14)21)16-13-23-18(20-16)15-8-2-1-3-9-15;12-10(13)8-6-14-9(11-8)7-4-2-1-3-5-7;8-7(9)6-4-2-1-3-5-6;4-1-2(5)3(6)7;/h1-3,8-9,13-14,17H,4-7,10-12H2;1-6H,(H,12,13);1-5H,(H2,8,9);1H2,(H,6,7);1H4. The minimum Gasteiger partial charge on any atom is -0.476 e. The van der Waals surface area contributed by atoms with Gasteiger partial charge in [-0.1, -0.05) is 139 Å². The molecule has 0 spiro atoms. The number of aliphatic carboxylic acids is 1. The van der Waals surface area contributed by atoms with E-state index in [2.05, 4.69) is 30.8 Å². The number of aromatic carboxylic acids is 1. The number of aromatic nitrogens is 2. The summed E-state index contributed by atoms with van der Waals surface area (Å²) < 4.78 is 0. The molecule has 54 heavy (non-hydrogen) atoms. The molecule has 4 N–H and O–H groups in total. The van der Waals surface area contributed by atoms with Gasteiger partial charge in [0.1, 0.15) is 20.7 Å². The lowest BCUT2D eigenvalue weighted by Gasteiger charge is -2.43. The van der Waals surface area contributed by atoms with Crippen molar-refractivity contribution in [1.29, 1.82) is 0 Å². The predicted octanol–water partition coefficient (Wildman–Crippen LogP) is 9.11. The number of fused-ring (bicyclic) bond motifs is 1. The van der Waals surface area contributed by atoms with Crippen molar-refractivity contribution >= 4 is 79.4 Å². The van der Waals surface area contributed by atoms with Gasteiger partial charge in [0.05, 0.1) is 5.33 Å². The van der Waals surface area contributed by atoms with Gasteiger partial charge in [-0.2, -0.15) is 0 Å². The molecule has 0 bridgehead atoms. The zero-order valence-electron chi connectivity index (χ0n) is 28.7. The Morgan fingerprint density at radius 3 is 1.69 bits per heavy atom. The molecule has 2 unspecified atom stereocenters. The first-order chi connectivity index (χ1) is 25.6. The minimum absolute atomic E-state index is 0. The fraction of sp³-hybridized carbons (Fsp3) is 0.275. The summed E-state index contributed by atoms with van der Waals surface area (Å²) in [6, 6.07) is 29.6. The smallest absolute Gasteiger partial charge is 0.373 e. The van der Waals surface area contributed by atoms with Crippen LogP contribution in [0.2, 0.25) is 0 Å². The number of amides is 1. The molecule has 2 aliphatic rings. The fourth-order valence-electron chi connectivity index (χ4n) is 5.85. The average Bonchev–Trinajstić information content (AvgIpc) is 3.91. The molecule has 284 valence electrons. The Morgan fingerprint density at radius 2 is 1.24 bits per heavy atom. The van der Waals surface area contributed by atoms with Gasteiger partial charge < -0.3 is 20.8 Å². The van der Waals surface area contributed by atoms with Gasteiger partial charge in [-0.15, -0.1) is 22.7 Å². The van der Waals surface area contributed by atoms with Crippen LogP contribution in [0.3, 0.4) is 0 Å². The number of Topliss-reactive ketones (excluding diaryl/α,β-unsaturated/α-hetero) is 1. The molecule has 3 heterocycles. The Bertz CT molecular complexity index is 1960. The van der Waals surface area contributed by atoms with Crippen molar-refractivity contribution in [2.45, 2.75) is 52.0 Å². The SMILES string of the molecule is C.NC(=S)c1ccccc1.O=C(O)C(=O)CBr.O=C(O)c1csc(-c2ccccc2)n1.O=C(c1csc(-c2ccccc2)n1)N1CCCC2CCCCC21. The highest BCUT2D eigenvalue weighted by Gasteiger charge is 2.36. The van der Waals surface area contributed by atoms with Gasteiger partial charge in [-0.3, -0.25) is 9.59 Å². The zero-order chi connectivity index (χ0) is 38.2. The van der Waals surface area contributed by atoms with Crippen molar-refractivity contribution in [2.24, 2.45) is 11.7 Å². The minimum atomic E-state index is -1.39. The molecule has 1 aliphatic carbocycles. The van der Waals surface area contributed by atoms with Gasteiger partial charge in [-0.25, -0.2) is 19.6 Å². The van der Waals surface area contributed by atoms with E-state index >= 15 is 0 Å². The van der Waals surface area contributed by atoms with Gasteiger partial charge in [0.2, 0.25) is 5.78 Å². The van der Waals surface area contributed by atoms with Crippen LogP contribution in [-0.4, -0.2) is 71.6 Å². The Balaban J connectivity index is 0.000000216. The van der Waals surface area contributed by atoms with E-state index in [1.807, 2.05) is 96.4 Å². The molecule has 0 radical (unpaired) electrons. The number of ketones is 1. The van der Waals surface area contributed by atoms with Crippen molar-refractivity contribution in [3.05, 3.63) is 119 Å². The maximum Gasteiger partial charge on any atom is 0.373 e. The predicted molar refractivity (Wildman–Crippen MR) is 224 cm³/mol. The number of piperidine rings is 1. The van der Waals surface area contributed by atoms with Crippen LogP contribution < -0.4 is 5.73 Å². The van der Waals surface area contributed by atoms with Gasteiger partial charge >= 0.3 is 11.9 Å². The molecule has 10 nitrogen and oxygen atoms in total. The Hall–Kier alpha value is -4.63. The highest BCUT2D eigenvalue weighted by Crippen LogP contribution is 2.36. The lowest BCUT2D eigenvalue weighted by atomic mass is 9.78. The maximum atomic E-state index is 13.0. The van der Waals surface area contributed by atoms with Gasteiger partial charge in [0.25, 0.3) is 5.91 Å². The summed E-state index contributed by atoms with van der Waals surface area (Å²) in [7, 11) is 0. The third-order valence-electron chi connectivity index (χ3n) is 8.41. The van der Waals surface area contributed by atoms with Gasteiger partial charge in [0, 0.05) is 40.0 Å². The monoisotopic (exact) mass is 850 g/mol. The third kappa shape index (κ3) is 13.0. The first kappa shape index (κ1) is 43.8. The maximum absolute atomic E-state index is 13.0. The topological polar surface area (TPSA) is 164 Å². The average molecular weight is 852 g/mol. The number of thiazole rings is 2. The number of likely N-dealkylation sites (tertiary alicyclic amines) is 1. The van der Waals surface area contributed by atoms with E-state index in [9.17, 15) is 19.2 Å². The summed E-state index contributed by atoms with van der Waals surface area (Å²) in [6.07, 6.45) is 7.49. The van der Waals surface area contributed by atoms with Crippen molar-refractivity contribution in [3.63, 3.8) is 0 Å². The van der Waals surface area contributed by atoms with Crippen LogP contribution >= 0.6 is 50.8 Å². The van der Waals surface area contributed by atoms with Crippen LogP contribution in [0.25, 0.3) is 21.1 Å². The summed E-state index contributed by atoms with van der Waals surface area (Å²) in [5, 5.41) is 21.5. The quantitative estimate of drug-likeness (QED) is 0.0818. The highest BCUT2D eigenvalue weighted by atomic mass is 79.9. The number of benzene rings is 3. The second kappa shape index (κ2) is 22.6. The van der Waals surface area contributed by atoms with E-state index in [4.69, 9.17) is 28.2 Å². The number of alkyl halides is 1. The van der Waals surface area contributed by atoms with E-state index in [1.54, 1.807) is 16.7 Å².